The molecule has 1 aliphatic rings. The van der Waals surface area contributed by atoms with E-state index in [1.165, 1.54) is 18.5 Å². The van der Waals surface area contributed by atoms with Gasteiger partial charge in [-0.2, -0.15) is 4.39 Å². The van der Waals surface area contributed by atoms with Gasteiger partial charge < -0.3 is 15.0 Å². The van der Waals surface area contributed by atoms with Gasteiger partial charge in [-0.15, -0.1) is 0 Å². The summed E-state index contributed by atoms with van der Waals surface area (Å²) >= 11 is 6.28. The second-order valence-electron chi connectivity index (χ2n) is 7.13. The van der Waals surface area contributed by atoms with Crippen molar-refractivity contribution in [3.63, 3.8) is 0 Å². The van der Waals surface area contributed by atoms with Crippen LogP contribution in [0.5, 0.6) is 0 Å². The van der Waals surface area contributed by atoms with Gasteiger partial charge >= 0.3 is 5.97 Å². The topological polar surface area (TPSA) is 80.2 Å². The molecular formula is C22H21ClFN5O2. The number of carbonyl (C=O) groups excluding carboxylic acids is 1. The Kier molecular flexibility index (Phi) is 5.99. The lowest BCUT2D eigenvalue weighted by Gasteiger charge is -2.31. The molecule has 0 spiro atoms. The summed E-state index contributed by atoms with van der Waals surface area (Å²) in [6, 6.07) is 8.87. The Morgan fingerprint density at radius 2 is 2.13 bits per heavy atom. The van der Waals surface area contributed by atoms with E-state index in [0.717, 1.165) is 34.1 Å². The fourth-order valence-corrected chi connectivity index (χ4v) is 3.62. The van der Waals surface area contributed by atoms with Gasteiger partial charge in [0.15, 0.2) is 0 Å². The van der Waals surface area contributed by atoms with E-state index in [4.69, 9.17) is 16.3 Å². The number of rotatable bonds is 5. The zero-order valence-electron chi connectivity index (χ0n) is 17.2. The lowest BCUT2D eigenvalue weighted by molar-refractivity contribution is 0.0520. The molecule has 0 unspecified atom stereocenters. The number of ether oxygens (including phenoxy) is 1. The van der Waals surface area contributed by atoms with E-state index in [-0.39, 0.29) is 18.0 Å². The number of benzene rings is 1. The lowest BCUT2D eigenvalue weighted by atomic mass is 10.0. The van der Waals surface area contributed by atoms with Crippen molar-refractivity contribution in [2.24, 2.45) is 0 Å². The van der Waals surface area contributed by atoms with Gasteiger partial charge in [-0.1, -0.05) is 17.7 Å². The van der Waals surface area contributed by atoms with Crippen molar-refractivity contribution in [1.29, 1.82) is 0 Å². The van der Waals surface area contributed by atoms with Crippen LogP contribution < -0.4 is 10.2 Å². The number of aryl methyl sites for hydroxylation is 1. The number of carbonyl (C=O) groups is 1. The van der Waals surface area contributed by atoms with E-state index in [1.54, 1.807) is 6.92 Å². The molecule has 3 aromatic rings. The van der Waals surface area contributed by atoms with Crippen LogP contribution in [0.4, 0.5) is 21.7 Å². The van der Waals surface area contributed by atoms with Crippen LogP contribution in [-0.4, -0.2) is 34.1 Å². The minimum Gasteiger partial charge on any atom is -0.462 e. The minimum atomic E-state index is -0.895. The number of hydrogen-bond acceptors (Lipinski definition) is 7. The van der Waals surface area contributed by atoms with Gasteiger partial charge in [0.1, 0.15) is 23.5 Å². The molecule has 0 fully saturated rings. The van der Waals surface area contributed by atoms with Crippen molar-refractivity contribution >= 4 is 34.9 Å². The van der Waals surface area contributed by atoms with Crippen LogP contribution >= 0.6 is 11.6 Å². The first-order chi connectivity index (χ1) is 15.0. The van der Waals surface area contributed by atoms with Crippen molar-refractivity contribution in [3.8, 4) is 0 Å². The number of aromatic nitrogens is 3. The number of hydrogen-bond donors (Lipinski definition) is 1. The Morgan fingerprint density at radius 3 is 2.87 bits per heavy atom. The Labute approximate surface area is 184 Å². The predicted octanol–water partition coefficient (Wildman–Crippen LogP) is 4.46. The van der Waals surface area contributed by atoms with Crippen LogP contribution in [0.2, 0.25) is 5.02 Å². The number of halogens is 2. The molecule has 0 atom stereocenters. The van der Waals surface area contributed by atoms with E-state index in [0.29, 0.717) is 18.8 Å². The summed E-state index contributed by atoms with van der Waals surface area (Å²) < 4.78 is 19.1. The molecule has 31 heavy (non-hydrogen) atoms. The van der Waals surface area contributed by atoms with Gasteiger partial charge in [0.25, 0.3) is 0 Å². The third-order valence-corrected chi connectivity index (χ3v) is 5.53. The molecule has 7 nitrogen and oxygen atoms in total. The highest BCUT2D eigenvalue weighted by Crippen LogP contribution is 2.30. The third-order valence-electron chi connectivity index (χ3n) is 5.12. The standard InChI is InChI=1S/C22H21ClFN5O2/c1-3-31-22(30)16-6-7-19(27-20(16)24)28-21-15-8-9-29(11-18(15)25-12-26-21)14-5-4-13(2)17(23)10-14/h4-7,10,12H,3,8-9,11H2,1-2H3,(H,25,26,27,28). The van der Waals surface area contributed by atoms with E-state index in [2.05, 4.69) is 25.2 Å². The first kappa shape index (κ1) is 21.0. The zero-order valence-corrected chi connectivity index (χ0v) is 17.9. The molecule has 1 aliphatic heterocycles. The second kappa shape index (κ2) is 8.85. The number of fused-ring (bicyclic) bond motifs is 1. The van der Waals surface area contributed by atoms with Crippen LogP contribution in [0.25, 0.3) is 0 Å². The Hall–Kier alpha value is -3.26. The van der Waals surface area contributed by atoms with Gasteiger partial charge in [0.2, 0.25) is 5.95 Å². The fraction of sp³-hybridized carbons (Fsp3) is 0.273. The second-order valence-corrected chi connectivity index (χ2v) is 7.54. The molecule has 9 heteroatoms. The molecular weight excluding hydrogens is 421 g/mol. The van der Waals surface area contributed by atoms with Crippen molar-refractivity contribution < 1.29 is 13.9 Å². The fourth-order valence-electron chi connectivity index (χ4n) is 3.45. The molecule has 0 radical (unpaired) electrons. The highest BCUT2D eigenvalue weighted by molar-refractivity contribution is 6.31. The molecule has 0 saturated carbocycles. The smallest absolute Gasteiger partial charge is 0.342 e. The Morgan fingerprint density at radius 1 is 1.29 bits per heavy atom. The number of esters is 1. The monoisotopic (exact) mass is 441 g/mol. The largest absolute Gasteiger partial charge is 0.462 e. The first-order valence-corrected chi connectivity index (χ1v) is 10.3. The highest BCUT2D eigenvalue weighted by Gasteiger charge is 2.22. The van der Waals surface area contributed by atoms with Gasteiger partial charge in [-0.3, -0.25) is 0 Å². The maximum Gasteiger partial charge on any atom is 0.342 e. The van der Waals surface area contributed by atoms with Gasteiger partial charge in [-0.25, -0.2) is 19.7 Å². The average molecular weight is 442 g/mol. The van der Waals surface area contributed by atoms with Crippen molar-refractivity contribution in [2.45, 2.75) is 26.8 Å². The van der Waals surface area contributed by atoms with E-state index < -0.39 is 11.9 Å². The SMILES string of the molecule is CCOC(=O)c1ccc(Nc2ncnc3c2CCN(c2ccc(C)c(Cl)c2)C3)nc1F. The number of nitrogens with one attached hydrogen (secondary N) is 1. The Bertz CT molecular complexity index is 1140. The van der Waals surface area contributed by atoms with Crippen LogP contribution in [-0.2, 0) is 17.7 Å². The summed E-state index contributed by atoms with van der Waals surface area (Å²) in [6.45, 7) is 5.16. The maximum absolute atomic E-state index is 14.3. The summed E-state index contributed by atoms with van der Waals surface area (Å²) in [5.41, 5.74) is 3.69. The van der Waals surface area contributed by atoms with Gasteiger partial charge in [-0.05, 0) is 50.1 Å². The molecule has 0 aliphatic carbocycles. The summed E-state index contributed by atoms with van der Waals surface area (Å²) in [4.78, 5) is 26.5. The summed E-state index contributed by atoms with van der Waals surface area (Å²) in [6.07, 6.45) is 2.17. The van der Waals surface area contributed by atoms with E-state index in [1.807, 2.05) is 25.1 Å². The minimum absolute atomic E-state index is 0.164. The molecule has 3 heterocycles. The zero-order chi connectivity index (χ0) is 22.0. The normalized spacial score (nSPS) is 13.0. The van der Waals surface area contributed by atoms with Crippen LogP contribution in [0.1, 0.15) is 34.1 Å². The number of pyridine rings is 1. The molecule has 1 N–H and O–H groups in total. The summed E-state index contributed by atoms with van der Waals surface area (Å²) in [5, 5.41) is 3.78. The number of anilines is 3. The van der Waals surface area contributed by atoms with Gasteiger partial charge in [0.05, 0.1) is 18.8 Å². The van der Waals surface area contributed by atoms with E-state index >= 15 is 0 Å². The molecule has 0 bridgehead atoms. The van der Waals surface area contributed by atoms with E-state index in [9.17, 15) is 9.18 Å². The molecule has 0 saturated heterocycles. The molecule has 1 aromatic carbocycles. The van der Waals surface area contributed by atoms with Crippen LogP contribution in [0.15, 0.2) is 36.7 Å². The first-order valence-electron chi connectivity index (χ1n) is 9.90. The van der Waals surface area contributed by atoms with Crippen LogP contribution in [0.3, 0.4) is 0 Å². The Balaban J connectivity index is 1.54. The van der Waals surface area contributed by atoms with Crippen LogP contribution in [0, 0.1) is 12.9 Å². The quantitative estimate of drug-likeness (QED) is 0.462. The maximum atomic E-state index is 14.3. The van der Waals surface area contributed by atoms with Crippen molar-refractivity contribution in [2.75, 3.05) is 23.4 Å². The average Bonchev–Trinajstić information content (AvgIpc) is 2.76. The summed E-state index contributed by atoms with van der Waals surface area (Å²) in [5.74, 6) is -0.815. The van der Waals surface area contributed by atoms with Crippen molar-refractivity contribution in [1.82, 2.24) is 15.0 Å². The molecule has 2 aromatic heterocycles. The lowest BCUT2D eigenvalue weighted by Crippen LogP contribution is -2.31. The molecule has 4 rings (SSSR count). The van der Waals surface area contributed by atoms with Crippen molar-refractivity contribution in [3.05, 3.63) is 70.0 Å². The summed E-state index contributed by atoms with van der Waals surface area (Å²) in [7, 11) is 0. The molecule has 160 valence electrons. The highest BCUT2D eigenvalue weighted by atomic mass is 35.5. The number of nitrogens with zero attached hydrogens (tertiary/aromatic N) is 4. The third kappa shape index (κ3) is 4.44. The molecule has 0 amide bonds. The van der Waals surface area contributed by atoms with Gasteiger partial charge in [0, 0.05) is 22.8 Å². The predicted molar refractivity (Wildman–Crippen MR) is 116 cm³/mol.